The van der Waals surface area contributed by atoms with Gasteiger partial charge in [-0.15, -0.1) is 10.2 Å². The van der Waals surface area contributed by atoms with Gasteiger partial charge in [0, 0.05) is 13.7 Å². The summed E-state index contributed by atoms with van der Waals surface area (Å²) < 4.78 is 7.76. The molecule has 0 saturated carbocycles. The number of nitrogens with zero attached hydrogens (tertiary/aromatic N) is 4. The van der Waals surface area contributed by atoms with Gasteiger partial charge in [-0.25, -0.2) is 0 Å². The highest BCUT2D eigenvalue weighted by molar-refractivity contribution is 5.98. The Morgan fingerprint density at radius 1 is 1.27 bits per heavy atom. The van der Waals surface area contributed by atoms with Crippen LogP contribution in [0.1, 0.15) is 48.4 Å². The molecular weight excluding hydrogens is 280 g/mol. The molecule has 2 aromatic rings. The highest BCUT2D eigenvalue weighted by atomic mass is 16.5. The van der Waals surface area contributed by atoms with Gasteiger partial charge >= 0.3 is 0 Å². The van der Waals surface area contributed by atoms with E-state index in [-0.39, 0.29) is 12.0 Å². The molecule has 22 heavy (non-hydrogen) atoms. The van der Waals surface area contributed by atoms with Crippen LogP contribution in [0.3, 0.4) is 0 Å². The van der Waals surface area contributed by atoms with E-state index in [1.165, 1.54) is 0 Å². The Labute approximate surface area is 129 Å². The van der Waals surface area contributed by atoms with Crippen LogP contribution >= 0.6 is 0 Å². The quantitative estimate of drug-likeness (QED) is 0.869. The maximum Gasteiger partial charge on any atom is 0.256 e. The van der Waals surface area contributed by atoms with E-state index >= 15 is 0 Å². The molecular formula is C16H20N4O2. The van der Waals surface area contributed by atoms with Crippen molar-refractivity contribution in [3.05, 3.63) is 41.5 Å². The van der Waals surface area contributed by atoms with E-state index in [2.05, 4.69) is 17.1 Å². The third kappa shape index (κ3) is 2.29. The van der Waals surface area contributed by atoms with E-state index in [0.29, 0.717) is 18.7 Å². The molecule has 2 heterocycles. The number of carbonyl (C=O) groups is 1. The van der Waals surface area contributed by atoms with Crippen LogP contribution in [0.5, 0.6) is 0 Å². The number of benzene rings is 1. The molecule has 0 spiro atoms. The monoisotopic (exact) mass is 300 g/mol. The molecule has 1 aliphatic rings. The largest absolute Gasteiger partial charge is 0.370 e. The smallest absolute Gasteiger partial charge is 0.256 e. The third-order valence-corrected chi connectivity index (χ3v) is 3.88. The predicted octanol–water partition coefficient (Wildman–Crippen LogP) is 2.34. The van der Waals surface area contributed by atoms with Crippen molar-refractivity contribution in [1.29, 1.82) is 0 Å². The molecule has 6 nitrogen and oxygen atoms in total. The van der Waals surface area contributed by atoms with Gasteiger partial charge in [0.15, 0.2) is 11.6 Å². The minimum atomic E-state index is -0.127. The Morgan fingerprint density at radius 3 is 2.77 bits per heavy atom. The second kappa shape index (κ2) is 5.88. The molecule has 0 saturated heterocycles. The van der Waals surface area contributed by atoms with Gasteiger partial charge in [0.2, 0.25) is 0 Å². The van der Waals surface area contributed by atoms with Crippen molar-refractivity contribution in [2.45, 2.75) is 32.9 Å². The number of carbonyl (C=O) groups excluding carboxylic acids is 1. The first-order valence-corrected chi connectivity index (χ1v) is 7.58. The number of hydrogen-bond acceptors (Lipinski definition) is 4. The fourth-order valence-electron chi connectivity index (χ4n) is 2.82. The zero-order chi connectivity index (χ0) is 15.7. The molecule has 1 aromatic carbocycles. The zero-order valence-electron chi connectivity index (χ0n) is 13.1. The van der Waals surface area contributed by atoms with Crippen molar-refractivity contribution < 1.29 is 9.53 Å². The van der Waals surface area contributed by atoms with Gasteiger partial charge in [0.1, 0.15) is 6.10 Å². The fourth-order valence-corrected chi connectivity index (χ4v) is 2.82. The summed E-state index contributed by atoms with van der Waals surface area (Å²) in [7, 11) is 1.78. The number of ether oxygens (including phenoxy) is 1. The lowest BCUT2D eigenvalue weighted by atomic mass is 10.1. The van der Waals surface area contributed by atoms with Crippen molar-refractivity contribution in [1.82, 2.24) is 19.7 Å². The van der Waals surface area contributed by atoms with Crippen molar-refractivity contribution in [3.63, 3.8) is 0 Å². The van der Waals surface area contributed by atoms with Crippen molar-refractivity contribution >= 4 is 5.91 Å². The fraction of sp³-hybridized carbons (Fsp3) is 0.438. The Balaban J connectivity index is 2.20. The Bertz CT molecular complexity index is 695. The molecule has 1 amide bonds. The van der Waals surface area contributed by atoms with Crippen LogP contribution in [-0.2, 0) is 11.3 Å². The van der Waals surface area contributed by atoms with Gasteiger partial charge in [0.25, 0.3) is 5.91 Å². The standard InChI is InChI=1S/C16H20N4O2/c1-4-13(22-5-2)15-18-17-14-10-19(3)16(21)11-8-6-7-9-12(11)20(14)15/h6-9,13H,4-5,10H2,1-3H3. The molecule has 1 unspecified atom stereocenters. The third-order valence-electron chi connectivity index (χ3n) is 3.88. The summed E-state index contributed by atoms with van der Waals surface area (Å²) in [5.41, 5.74) is 1.49. The van der Waals surface area contributed by atoms with Crippen LogP contribution < -0.4 is 0 Å². The van der Waals surface area contributed by atoms with Crippen molar-refractivity contribution in [2.24, 2.45) is 0 Å². The number of hydrogen-bond donors (Lipinski definition) is 0. The molecule has 3 rings (SSSR count). The highest BCUT2D eigenvalue weighted by Crippen LogP contribution is 2.28. The van der Waals surface area contributed by atoms with E-state index < -0.39 is 0 Å². The second-order valence-corrected chi connectivity index (χ2v) is 5.34. The van der Waals surface area contributed by atoms with Gasteiger partial charge in [-0.1, -0.05) is 19.1 Å². The lowest BCUT2D eigenvalue weighted by Crippen LogP contribution is -2.25. The van der Waals surface area contributed by atoms with Gasteiger partial charge in [-0.3, -0.25) is 9.36 Å². The van der Waals surface area contributed by atoms with E-state index in [0.717, 1.165) is 23.8 Å². The molecule has 6 heteroatoms. The molecule has 1 atom stereocenters. The topological polar surface area (TPSA) is 60.3 Å². The summed E-state index contributed by atoms with van der Waals surface area (Å²) in [5.74, 6) is 1.51. The highest BCUT2D eigenvalue weighted by Gasteiger charge is 2.29. The van der Waals surface area contributed by atoms with Crippen molar-refractivity contribution in [2.75, 3.05) is 13.7 Å². The summed E-state index contributed by atoms with van der Waals surface area (Å²) in [6.45, 7) is 5.07. The van der Waals surface area contributed by atoms with Crippen LogP contribution in [0.15, 0.2) is 24.3 Å². The molecule has 1 aromatic heterocycles. The number of rotatable bonds is 4. The Hall–Kier alpha value is -2.21. The average molecular weight is 300 g/mol. The second-order valence-electron chi connectivity index (χ2n) is 5.34. The minimum absolute atomic E-state index is 0.00323. The van der Waals surface area contributed by atoms with Crippen LogP contribution in [-0.4, -0.2) is 39.2 Å². The van der Waals surface area contributed by atoms with Gasteiger partial charge < -0.3 is 9.64 Å². The summed E-state index contributed by atoms with van der Waals surface area (Å²) in [5, 5.41) is 8.63. The SMILES string of the molecule is CCOC(CC)c1nnc2n1-c1ccccc1C(=O)N(C)C2. The molecule has 0 fully saturated rings. The number of fused-ring (bicyclic) bond motifs is 3. The first-order chi connectivity index (χ1) is 10.7. The summed E-state index contributed by atoms with van der Waals surface area (Å²) in [6.07, 6.45) is 0.676. The summed E-state index contributed by atoms with van der Waals surface area (Å²) >= 11 is 0. The summed E-state index contributed by atoms with van der Waals surface area (Å²) in [6, 6.07) is 7.57. The molecule has 0 radical (unpaired) electrons. The van der Waals surface area contributed by atoms with E-state index in [4.69, 9.17) is 4.74 Å². The van der Waals surface area contributed by atoms with Crippen molar-refractivity contribution in [3.8, 4) is 5.69 Å². The van der Waals surface area contributed by atoms with Crippen LogP contribution in [0.4, 0.5) is 0 Å². The van der Waals surface area contributed by atoms with Crippen LogP contribution in [0.25, 0.3) is 5.69 Å². The lowest BCUT2D eigenvalue weighted by Gasteiger charge is -2.17. The maximum absolute atomic E-state index is 12.5. The van der Waals surface area contributed by atoms with E-state index in [9.17, 15) is 4.79 Å². The molecule has 0 bridgehead atoms. The number of amides is 1. The van der Waals surface area contributed by atoms with Gasteiger partial charge in [0.05, 0.1) is 17.8 Å². The van der Waals surface area contributed by atoms with E-state index in [1.54, 1.807) is 11.9 Å². The molecule has 0 N–H and O–H groups in total. The molecule has 116 valence electrons. The molecule has 0 aliphatic carbocycles. The molecule has 1 aliphatic heterocycles. The number of para-hydroxylation sites is 1. The summed E-state index contributed by atoms with van der Waals surface area (Å²) in [4.78, 5) is 14.2. The predicted molar refractivity (Wildman–Crippen MR) is 81.8 cm³/mol. The maximum atomic E-state index is 12.5. The van der Waals surface area contributed by atoms with Gasteiger partial charge in [-0.05, 0) is 25.5 Å². The van der Waals surface area contributed by atoms with Crippen LogP contribution in [0, 0.1) is 0 Å². The first-order valence-electron chi connectivity index (χ1n) is 7.58. The lowest BCUT2D eigenvalue weighted by molar-refractivity contribution is 0.0521. The van der Waals surface area contributed by atoms with E-state index in [1.807, 2.05) is 35.8 Å². The van der Waals surface area contributed by atoms with Gasteiger partial charge in [-0.2, -0.15) is 0 Å². The number of aromatic nitrogens is 3. The minimum Gasteiger partial charge on any atom is -0.370 e. The zero-order valence-corrected chi connectivity index (χ0v) is 13.1. The first kappa shape index (κ1) is 14.7. The van der Waals surface area contributed by atoms with Crippen LogP contribution in [0.2, 0.25) is 0 Å². The average Bonchev–Trinajstić information content (AvgIpc) is 2.90. The Morgan fingerprint density at radius 2 is 2.05 bits per heavy atom. The Kier molecular flexibility index (Phi) is 3.94. The normalized spacial score (nSPS) is 15.2.